The predicted octanol–water partition coefficient (Wildman–Crippen LogP) is 5.00. The van der Waals surface area contributed by atoms with Crippen LogP contribution in [0.5, 0.6) is 0 Å². The molecule has 1 saturated heterocycles. The molecule has 2 heterocycles. The van der Waals surface area contributed by atoms with Crippen LogP contribution in [0.2, 0.25) is 5.02 Å². The topological polar surface area (TPSA) is 131 Å². The molecule has 0 radical (unpaired) electrons. The van der Waals surface area contributed by atoms with Crippen molar-refractivity contribution in [3.05, 3.63) is 72.4 Å². The SMILES string of the molecule is CCS(=O)(=O)c1ccc(C)cc1Cn1c(=O)[nH]c2c(Cl)c(CN3CCC[C@@H](NC(=O)OC(C)(C)C)C3)c(C(F)(F)F)cc2c1=O. The molecule has 0 aliphatic carbocycles. The van der Waals surface area contributed by atoms with E-state index in [9.17, 15) is 36.0 Å². The quantitative estimate of drug-likeness (QED) is 0.361. The fourth-order valence-corrected chi connectivity index (χ4v) is 6.84. The third-order valence-electron chi connectivity index (χ3n) is 7.49. The van der Waals surface area contributed by atoms with E-state index < -0.39 is 61.5 Å². The normalized spacial score (nSPS) is 16.6. The number of alkyl carbamates (subject to hydrolysis) is 1. The molecular weight excluding hydrogens is 637 g/mol. The number of aromatic amines is 1. The van der Waals surface area contributed by atoms with E-state index in [0.717, 1.165) is 0 Å². The number of amides is 1. The number of hydrogen-bond donors (Lipinski definition) is 2. The number of likely N-dealkylation sites (tertiary alicyclic amines) is 1. The second-order valence-corrected chi connectivity index (χ2v) is 14.8. The maximum absolute atomic E-state index is 14.4. The van der Waals surface area contributed by atoms with E-state index in [1.165, 1.54) is 19.1 Å². The molecule has 4 rings (SSSR count). The molecule has 1 aliphatic rings. The Morgan fingerprint density at radius 1 is 1.16 bits per heavy atom. The van der Waals surface area contributed by atoms with Crippen LogP contribution in [-0.2, 0) is 33.8 Å². The summed E-state index contributed by atoms with van der Waals surface area (Å²) < 4.78 is 74.7. The number of hydrogen-bond acceptors (Lipinski definition) is 7. The van der Waals surface area contributed by atoms with Gasteiger partial charge in [0.15, 0.2) is 9.84 Å². The first kappa shape index (κ1) is 34.5. The molecule has 0 spiro atoms. The van der Waals surface area contributed by atoms with Crippen molar-refractivity contribution in [1.29, 1.82) is 0 Å². The van der Waals surface area contributed by atoms with E-state index in [1.54, 1.807) is 38.7 Å². The number of alkyl halides is 3. The Morgan fingerprint density at radius 2 is 1.84 bits per heavy atom. The molecule has 246 valence electrons. The standard InChI is InChI=1S/C30H36ClF3N4O6S/c1-6-45(42,43)23-10-9-17(2)12-18(23)14-38-26(39)20-13-22(30(32,33)34)21(24(31)25(20)36-27(38)40)16-37-11-7-8-19(15-37)35-28(41)44-29(3,4)5/h9-10,12-13,19H,6-8,11,14-16H2,1-5H3,(H,35,41)(H,36,40)/t19-/m1/s1. The molecule has 3 aromatic rings. The van der Waals surface area contributed by atoms with Crippen molar-refractivity contribution in [3.63, 3.8) is 0 Å². The van der Waals surface area contributed by atoms with Crippen LogP contribution in [0.1, 0.15) is 62.8 Å². The van der Waals surface area contributed by atoms with Gasteiger partial charge in [0.05, 0.1) is 38.7 Å². The molecule has 2 N–H and O–H groups in total. The Labute approximate surface area is 263 Å². The molecule has 1 fully saturated rings. The van der Waals surface area contributed by atoms with Crippen LogP contribution in [0, 0.1) is 6.92 Å². The average Bonchev–Trinajstić information content (AvgIpc) is 2.91. The minimum Gasteiger partial charge on any atom is -0.444 e. The number of aryl methyl sites for hydroxylation is 1. The number of benzene rings is 2. The van der Waals surface area contributed by atoms with Crippen molar-refractivity contribution in [2.45, 2.75) is 83.3 Å². The number of H-pyrrole nitrogens is 1. The highest BCUT2D eigenvalue weighted by Crippen LogP contribution is 2.39. The fraction of sp³-hybridized carbons (Fsp3) is 0.500. The lowest BCUT2D eigenvalue weighted by Crippen LogP contribution is -2.48. The number of sulfone groups is 1. The highest BCUT2D eigenvalue weighted by Gasteiger charge is 2.37. The molecule has 1 aliphatic heterocycles. The summed E-state index contributed by atoms with van der Waals surface area (Å²) in [6.07, 6.45) is -4.34. The molecule has 15 heteroatoms. The second kappa shape index (κ2) is 12.8. The molecule has 1 aromatic heterocycles. The van der Waals surface area contributed by atoms with Crippen LogP contribution in [0.3, 0.4) is 0 Å². The number of ether oxygens (including phenoxy) is 1. The maximum atomic E-state index is 14.4. The van der Waals surface area contributed by atoms with Crippen LogP contribution < -0.4 is 16.6 Å². The molecule has 45 heavy (non-hydrogen) atoms. The summed E-state index contributed by atoms with van der Waals surface area (Å²) in [6.45, 7) is 8.21. The summed E-state index contributed by atoms with van der Waals surface area (Å²) in [5, 5.41) is 1.87. The largest absolute Gasteiger partial charge is 0.444 e. The molecule has 0 saturated carbocycles. The number of rotatable bonds is 7. The Bertz CT molecular complexity index is 1850. The van der Waals surface area contributed by atoms with Gasteiger partial charge in [-0.15, -0.1) is 0 Å². The van der Waals surface area contributed by atoms with E-state index in [-0.39, 0.29) is 46.4 Å². The lowest BCUT2D eigenvalue weighted by atomic mass is 10.0. The van der Waals surface area contributed by atoms with E-state index in [0.29, 0.717) is 35.6 Å². The fourth-order valence-electron chi connectivity index (χ4n) is 5.42. The molecule has 1 amide bonds. The number of carbonyl (C=O) groups excluding carboxylic acids is 1. The summed E-state index contributed by atoms with van der Waals surface area (Å²) in [5.74, 6) is -0.228. The first-order valence-electron chi connectivity index (χ1n) is 14.4. The predicted molar refractivity (Wildman–Crippen MR) is 165 cm³/mol. The summed E-state index contributed by atoms with van der Waals surface area (Å²) in [6, 6.07) is 4.76. The van der Waals surface area contributed by atoms with Gasteiger partial charge in [-0.2, -0.15) is 13.2 Å². The van der Waals surface area contributed by atoms with Crippen LogP contribution in [0.25, 0.3) is 10.9 Å². The third-order valence-corrected chi connectivity index (χ3v) is 9.74. The second-order valence-electron chi connectivity index (χ2n) is 12.2. The van der Waals surface area contributed by atoms with Crippen molar-refractivity contribution < 1.29 is 31.1 Å². The number of halogens is 4. The summed E-state index contributed by atoms with van der Waals surface area (Å²) in [7, 11) is -3.74. The molecule has 0 unspecified atom stereocenters. The minimum absolute atomic E-state index is 0.0765. The zero-order chi connectivity index (χ0) is 33.5. The van der Waals surface area contributed by atoms with Gasteiger partial charge in [0.1, 0.15) is 5.60 Å². The van der Waals surface area contributed by atoms with Crippen LogP contribution in [0.4, 0.5) is 18.0 Å². The zero-order valence-electron chi connectivity index (χ0n) is 25.6. The average molecular weight is 673 g/mol. The van der Waals surface area contributed by atoms with Crippen molar-refractivity contribution in [1.82, 2.24) is 19.8 Å². The van der Waals surface area contributed by atoms with Gasteiger partial charge in [0.25, 0.3) is 5.56 Å². The summed E-state index contributed by atoms with van der Waals surface area (Å²) >= 11 is 6.53. The van der Waals surface area contributed by atoms with Gasteiger partial charge in [0.2, 0.25) is 0 Å². The minimum atomic E-state index is -4.90. The number of nitrogens with zero attached hydrogens (tertiary/aromatic N) is 2. The number of nitrogens with one attached hydrogen (secondary N) is 2. The molecule has 2 aromatic carbocycles. The molecular formula is C30H36ClF3N4O6S. The lowest BCUT2D eigenvalue weighted by Gasteiger charge is -2.34. The number of carbonyl (C=O) groups is 1. The first-order chi connectivity index (χ1) is 20.8. The van der Waals surface area contributed by atoms with Gasteiger partial charge in [-0.05, 0) is 70.3 Å². The van der Waals surface area contributed by atoms with Gasteiger partial charge in [0, 0.05) is 19.1 Å². The van der Waals surface area contributed by atoms with E-state index in [2.05, 4.69) is 10.3 Å². The molecule has 10 nitrogen and oxygen atoms in total. The van der Waals surface area contributed by atoms with Crippen molar-refractivity contribution in [2.24, 2.45) is 0 Å². The van der Waals surface area contributed by atoms with Gasteiger partial charge < -0.3 is 15.0 Å². The van der Waals surface area contributed by atoms with Crippen molar-refractivity contribution in [2.75, 3.05) is 18.8 Å². The van der Waals surface area contributed by atoms with Crippen LogP contribution in [0.15, 0.2) is 38.8 Å². The summed E-state index contributed by atoms with van der Waals surface area (Å²) in [5.41, 5.74) is -3.61. The monoisotopic (exact) mass is 672 g/mol. The Morgan fingerprint density at radius 3 is 2.47 bits per heavy atom. The molecule has 1 atom stereocenters. The summed E-state index contributed by atoms with van der Waals surface area (Å²) in [4.78, 5) is 43.1. The number of fused-ring (bicyclic) bond motifs is 1. The van der Waals surface area contributed by atoms with Crippen LogP contribution >= 0.6 is 11.6 Å². The Kier molecular flexibility index (Phi) is 9.81. The maximum Gasteiger partial charge on any atom is 0.416 e. The zero-order valence-corrected chi connectivity index (χ0v) is 27.2. The highest BCUT2D eigenvalue weighted by molar-refractivity contribution is 7.91. The van der Waals surface area contributed by atoms with E-state index >= 15 is 0 Å². The number of aromatic nitrogens is 2. The van der Waals surface area contributed by atoms with Gasteiger partial charge in [-0.25, -0.2) is 18.0 Å². The third kappa shape index (κ3) is 7.90. The Balaban J connectivity index is 1.75. The lowest BCUT2D eigenvalue weighted by molar-refractivity contribution is -0.138. The van der Waals surface area contributed by atoms with Gasteiger partial charge in [-0.3, -0.25) is 14.3 Å². The smallest absolute Gasteiger partial charge is 0.416 e. The van der Waals surface area contributed by atoms with Crippen LogP contribution in [-0.4, -0.2) is 59.4 Å². The van der Waals surface area contributed by atoms with Crippen molar-refractivity contribution >= 4 is 38.4 Å². The van der Waals surface area contributed by atoms with E-state index in [1.807, 2.05) is 0 Å². The first-order valence-corrected chi connectivity index (χ1v) is 16.4. The number of piperidine rings is 1. The van der Waals surface area contributed by atoms with Gasteiger partial charge in [-0.1, -0.05) is 36.2 Å². The molecule has 0 bridgehead atoms. The van der Waals surface area contributed by atoms with Crippen molar-refractivity contribution in [3.8, 4) is 0 Å². The Hall–Kier alpha value is -3.36. The highest BCUT2D eigenvalue weighted by atomic mass is 35.5. The van der Waals surface area contributed by atoms with Gasteiger partial charge >= 0.3 is 18.0 Å². The van der Waals surface area contributed by atoms with E-state index in [4.69, 9.17) is 16.3 Å².